The Hall–Kier alpha value is -5.50. The monoisotopic (exact) mass is 887 g/mol. The van der Waals surface area contributed by atoms with Crippen molar-refractivity contribution in [1.29, 1.82) is 0 Å². The Morgan fingerprint density at radius 3 is 1.75 bits per heavy atom. The maximum atomic E-state index is 14.7. The first-order chi connectivity index (χ1) is 26.4. The van der Waals surface area contributed by atoms with Crippen LogP contribution in [0.4, 0.5) is 34.6 Å². The van der Waals surface area contributed by atoms with Crippen molar-refractivity contribution < 1.29 is 17.6 Å². The Balaban J connectivity index is 0.000000160. The van der Waals surface area contributed by atoms with Gasteiger partial charge in [0.25, 0.3) is 0 Å². The molecule has 5 heterocycles. The topological polar surface area (TPSA) is 102 Å². The molecule has 0 fully saturated rings. The zero-order valence-corrected chi connectivity index (χ0v) is 32.9. The molecule has 0 radical (unpaired) electrons. The molecule has 7 nitrogen and oxygen atoms in total. The third-order valence-electron chi connectivity index (χ3n) is 8.05. The molecular formula is C41H28Br2ClF4N7. The zero-order chi connectivity index (χ0) is 39.2. The van der Waals surface area contributed by atoms with E-state index in [1.54, 1.807) is 56.0 Å². The second-order valence-electron chi connectivity index (χ2n) is 11.9. The number of halogens is 7. The van der Waals surface area contributed by atoms with Crippen molar-refractivity contribution in [2.45, 2.75) is 13.8 Å². The van der Waals surface area contributed by atoms with Crippen LogP contribution in [0, 0.1) is 37.1 Å². The average Bonchev–Trinajstić information content (AvgIpc) is 3.15. The fourth-order valence-corrected chi connectivity index (χ4v) is 6.63. The van der Waals surface area contributed by atoms with Crippen LogP contribution >= 0.6 is 43.5 Å². The summed E-state index contributed by atoms with van der Waals surface area (Å²) in [6.07, 6.45) is 6.58. The molecule has 5 aromatic heterocycles. The summed E-state index contributed by atoms with van der Waals surface area (Å²) in [5.41, 5.74) is 11.5. The van der Waals surface area contributed by atoms with Crippen LogP contribution in [0.3, 0.4) is 0 Å². The number of hydrogen-bond donors (Lipinski definition) is 2. The molecule has 0 aliphatic rings. The van der Waals surface area contributed by atoms with Crippen LogP contribution in [0.1, 0.15) is 11.1 Å². The van der Waals surface area contributed by atoms with Crippen LogP contribution < -0.4 is 11.1 Å². The summed E-state index contributed by atoms with van der Waals surface area (Å²) in [6.45, 7) is 3.58. The highest BCUT2D eigenvalue weighted by Gasteiger charge is 2.19. The van der Waals surface area contributed by atoms with Crippen LogP contribution in [0.5, 0.6) is 0 Å². The molecule has 0 aliphatic heterocycles. The lowest BCUT2D eigenvalue weighted by atomic mass is 10.0. The molecule has 3 N–H and O–H groups in total. The van der Waals surface area contributed by atoms with Crippen molar-refractivity contribution in [3.8, 4) is 22.8 Å². The van der Waals surface area contributed by atoms with E-state index in [-0.39, 0.29) is 26.8 Å². The van der Waals surface area contributed by atoms with Gasteiger partial charge in [0.2, 0.25) is 0 Å². The minimum atomic E-state index is -0.715. The first-order valence-electron chi connectivity index (χ1n) is 16.3. The van der Waals surface area contributed by atoms with Gasteiger partial charge >= 0.3 is 0 Å². The Morgan fingerprint density at radius 1 is 0.636 bits per heavy atom. The Labute approximate surface area is 335 Å². The molecule has 3 aromatic carbocycles. The van der Waals surface area contributed by atoms with Crippen molar-refractivity contribution >= 4 is 82.3 Å². The molecule has 0 amide bonds. The second kappa shape index (κ2) is 17.3. The molecule has 8 aromatic rings. The van der Waals surface area contributed by atoms with E-state index in [1.165, 1.54) is 6.07 Å². The fourth-order valence-electron chi connectivity index (χ4n) is 5.57. The second-order valence-corrected chi connectivity index (χ2v) is 14.1. The summed E-state index contributed by atoms with van der Waals surface area (Å²) < 4.78 is 57.5. The van der Waals surface area contributed by atoms with E-state index in [0.29, 0.717) is 39.7 Å². The van der Waals surface area contributed by atoms with E-state index < -0.39 is 23.3 Å². The lowest BCUT2D eigenvalue weighted by molar-refractivity contribution is 0.591. The minimum Gasteiger partial charge on any atom is -0.397 e. The highest BCUT2D eigenvalue weighted by atomic mass is 79.9. The summed E-state index contributed by atoms with van der Waals surface area (Å²) in [5.74, 6) is -2.73. The molecule has 55 heavy (non-hydrogen) atoms. The van der Waals surface area contributed by atoms with E-state index >= 15 is 0 Å². The van der Waals surface area contributed by atoms with Gasteiger partial charge in [-0.1, -0.05) is 45.7 Å². The van der Waals surface area contributed by atoms with Crippen molar-refractivity contribution in [2.24, 2.45) is 0 Å². The average molecular weight is 890 g/mol. The van der Waals surface area contributed by atoms with E-state index in [2.05, 4.69) is 62.1 Å². The van der Waals surface area contributed by atoms with Crippen molar-refractivity contribution in [2.75, 3.05) is 11.1 Å². The summed E-state index contributed by atoms with van der Waals surface area (Å²) >= 11 is 12.9. The van der Waals surface area contributed by atoms with Crippen molar-refractivity contribution in [3.63, 3.8) is 0 Å². The molecule has 8 rings (SSSR count). The highest BCUT2D eigenvalue weighted by Crippen LogP contribution is 2.37. The standard InChI is InChI=1S/C21H14BrF2N3.C15H9ClF2N2.C5H5BrN2/c1-12-20(17-7-2-3-8-25-17)27-18-11-14(23)10-16(24)19(18)21(12)26-15-6-4-5-13(22)9-15;1-8-14(16)13-10(18)6-9(17)7-12(13)20-15(8)11-4-2-3-5-19-11;6-4-1-5(7)3-8-2-4/h2-11H,1H3,(H,26,27);2-7H,1H3;1-3H,7H2. The van der Waals surface area contributed by atoms with Gasteiger partial charge in [0.1, 0.15) is 23.3 Å². The molecule has 0 atom stereocenters. The van der Waals surface area contributed by atoms with Crippen LogP contribution in [0.15, 0.2) is 125 Å². The van der Waals surface area contributed by atoms with Crippen molar-refractivity contribution in [1.82, 2.24) is 24.9 Å². The molecule has 0 aliphatic carbocycles. The predicted molar refractivity (Wildman–Crippen MR) is 218 cm³/mol. The van der Waals surface area contributed by atoms with E-state index in [0.717, 1.165) is 38.4 Å². The lowest BCUT2D eigenvalue weighted by Gasteiger charge is -2.17. The minimum absolute atomic E-state index is 0.130. The SMILES string of the molecule is Cc1c(-c2ccccn2)nc2cc(F)cc(F)c2c1Cl.Cc1c(-c2ccccn2)nc2cc(F)cc(F)c2c1Nc1cccc(Br)c1.Nc1cncc(Br)c1. The highest BCUT2D eigenvalue weighted by molar-refractivity contribution is 9.10. The molecule has 0 bridgehead atoms. The quantitative estimate of drug-likeness (QED) is 0.170. The van der Waals surface area contributed by atoms with Gasteiger partial charge < -0.3 is 11.1 Å². The van der Waals surface area contributed by atoms with Gasteiger partial charge in [-0.2, -0.15) is 0 Å². The van der Waals surface area contributed by atoms with Gasteiger partial charge in [0.15, 0.2) is 0 Å². The van der Waals surface area contributed by atoms with Crippen molar-refractivity contribution in [3.05, 3.63) is 164 Å². The number of hydrogen-bond acceptors (Lipinski definition) is 7. The number of nitrogen functional groups attached to an aromatic ring is 1. The summed E-state index contributed by atoms with van der Waals surface area (Å²) in [7, 11) is 0. The number of pyridine rings is 5. The van der Waals surface area contributed by atoms with Gasteiger partial charge in [-0.15, -0.1) is 0 Å². The number of nitrogens with one attached hydrogen (secondary N) is 1. The van der Waals surface area contributed by atoms with Gasteiger partial charge in [-0.05, 0) is 83.9 Å². The van der Waals surface area contributed by atoms with E-state index in [4.69, 9.17) is 17.3 Å². The predicted octanol–water partition coefficient (Wildman–Crippen LogP) is 12.4. The number of nitrogens with zero attached hydrogens (tertiary/aromatic N) is 5. The molecule has 0 saturated heterocycles. The van der Waals surface area contributed by atoms with Crippen LogP contribution in [-0.4, -0.2) is 24.9 Å². The first-order valence-corrected chi connectivity index (χ1v) is 18.3. The molecule has 0 spiro atoms. The number of anilines is 3. The number of benzene rings is 3. The van der Waals surface area contributed by atoms with Crippen LogP contribution in [0.25, 0.3) is 44.6 Å². The Kier molecular flexibility index (Phi) is 12.3. The maximum Gasteiger partial charge on any atom is 0.137 e. The molecule has 0 saturated carbocycles. The largest absolute Gasteiger partial charge is 0.397 e. The molecule has 276 valence electrons. The smallest absolute Gasteiger partial charge is 0.137 e. The molecule has 0 unspecified atom stereocenters. The van der Waals surface area contributed by atoms with Gasteiger partial charge in [-0.3, -0.25) is 15.0 Å². The van der Waals surface area contributed by atoms with E-state index in [9.17, 15) is 17.6 Å². The maximum absolute atomic E-state index is 14.7. The fraction of sp³-hybridized carbons (Fsp3) is 0.0488. The van der Waals surface area contributed by atoms with Crippen LogP contribution in [-0.2, 0) is 0 Å². The van der Waals surface area contributed by atoms with Gasteiger partial charge in [-0.25, -0.2) is 27.5 Å². The van der Waals surface area contributed by atoms with E-state index in [1.807, 2.05) is 49.4 Å². The number of fused-ring (bicyclic) bond motifs is 2. The summed E-state index contributed by atoms with van der Waals surface area (Å²) in [4.78, 5) is 21.1. The third kappa shape index (κ3) is 9.25. The van der Waals surface area contributed by atoms with Gasteiger partial charge in [0, 0.05) is 69.2 Å². The zero-order valence-electron chi connectivity index (χ0n) is 28.9. The molecule has 14 heteroatoms. The Morgan fingerprint density at radius 2 is 1.22 bits per heavy atom. The normalized spacial score (nSPS) is 10.7. The first kappa shape index (κ1) is 39.2. The number of rotatable bonds is 4. The Bertz CT molecular complexity index is 2640. The lowest BCUT2D eigenvalue weighted by Crippen LogP contribution is -2.02. The summed E-state index contributed by atoms with van der Waals surface area (Å²) in [6, 6.07) is 24.2. The van der Waals surface area contributed by atoms with Gasteiger partial charge in [0.05, 0.1) is 61.0 Å². The number of aromatic nitrogens is 5. The molecular weight excluding hydrogens is 862 g/mol. The number of nitrogens with two attached hydrogens (primary N) is 1. The third-order valence-corrected chi connectivity index (χ3v) is 9.45. The van der Waals surface area contributed by atoms with Crippen LogP contribution in [0.2, 0.25) is 5.02 Å². The summed E-state index contributed by atoms with van der Waals surface area (Å²) in [5, 5.41) is 3.87.